The lowest BCUT2D eigenvalue weighted by molar-refractivity contribution is 0.727. The summed E-state index contributed by atoms with van der Waals surface area (Å²) in [6.45, 7) is 4.31. The van der Waals surface area contributed by atoms with Crippen molar-refractivity contribution in [2.45, 2.75) is 46.0 Å². The van der Waals surface area contributed by atoms with Crippen LogP contribution in [0.15, 0.2) is 35.1 Å². The maximum absolute atomic E-state index is 5.78. The summed E-state index contributed by atoms with van der Waals surface area (Å²) >= 11 is 0. The molecule has 0 radical (unpaired) electrons. The average Bonchev–Trinajstić information content (AvgIpc) is 2.18. The maximum atomic E-state index is 5.78. The summed E-state index contributed by atoms with van der Waals surface area (Å²) in [5, 5.41) is 0. The van der Waals surface area contributed by atoms with Crippen LogP contribution in [0.3, 0.4) is 0 Å². The van der Waals surface area contributed by atoms with Crippen molar-refractivity contribution in [3.63, 3.8) is 0 Å². The summed E-state index contributed by atoms with van der Waals surface area (Å²) in [5.74, 6) is 0. The molecule has 0 aromatic carbocycles. The third-order valence-corrected chi connectivity index (χ3v) is 2.63. The minimum atomic E-state index is 0.940. The Kier molecular flexibility index (Phi) is 4.51. The SMILES string of the molecule is CCCCC/C=C1/C=C(C)C(N)=CC1. The molecule has 0 spiro atoms. The molecule has 0 amide bonds. The second kappa shape index (κ2) is 5.69. The molecular weight excluding hydrogens is 170 g/mol. The Morgan fingerprint density at radius 2 is 2.21 bits per heavy atom. The molecule has 0 aromatic rings. The lowest BCUT2D eigenvalue weighted by Gasteiger charge is -2.10. The number of rotatable bonds is 4. The minimum Gasteiger partial charge on any atom is -0.399 e. The van der Waals surface area contributed by atoms with Gasteiger partial charge in [-0.3, -0.25) is 0 Å². The highest BCUT2D eigenvalue weighted by Crippen LogP contribution is 2.19. The predicted molar refractivity (Wildman–Crippen MR) is 62.9 cm³/mol. The maximum Gasteiger partial charge on any atom is 0.0306 e. The van der Waals surface area contributed by atoms with Crippen molar-refractivity contribution in [2.24, 2.45) is 5.73 Å². The lowest BCUT2D eigenvalue weighted by atomic mass is 9.99. The van der Waals surface area contributed by atoms with Gasteiger partial charge in [0.15, 0.2) is 0 Å². The quantitative estimate of drug-likeness (QED) is 0.674. The smallest absolute Gasteiger partial charge is 0.0306 e. The summed E-state index contributed by atoms with van der Waals surface area (Å²) in [5.41, 5.74) is 9.35. The zero-order valence-corrected chi connectivity index (χ0v) is 9.34. The summed E-state index contributed by atoms with van der Waals surface area (Å²) in [6, 6.07) is 0. The van der Waals surface area contributed by atoms with E-state index >= 15 is 0 Å². The molecule has 1 aliphatic rings. The van der Waals surface area contributed by atoms with Gasteiger partial charge in [0.25, 0.3) is 0 Å². The van der Waals surface area contributed by atoms with Crippen LogP contribution in [0.4, 0.5) is 0 Å². The molecule has 0 bridgehead atoms. The first kappa shape index (κ1) is 11.1. The molecule has 0 atom stereocenters. The molecule has 0 aliphatic heterocycles. The standard InChI is InChI=1S/C13H21N/c1-3-4-5-6-7-12-8-9-13(14)11(2)10-12/h7,9-10H,3-6,8,14H2,1-2H3/b12-7+. The van der Waals surface area contributed by atoms with E-state index in [4.69, 9.17) is 5.73 Å². The average molecular weight is 191 g/mol. The van der Waals surface area contributed by atoms with Crippen molar-refractivity contribution in [1.82, 2.24) is 0 Å². The van der Waals surface area contributed by atoms with Crippen molar-refractivity contribution in [3.05, 3.63) is 35.1 Å². The van der Waals surface area contributed by atoms with Crippen LogP contribution in [0.25, 0.3) is 0 Å². The second-order valence-electron chi connectivity index (χ2n) is 3.97. The molecule has 1 heteroatoms. The van der Waals surface area contributed by atoms with E-state index < -0.39 is 0 Å². The van der Waals surface area contributed by atoms with Crippen LogP contribution in [-0.4, -0.2) is 0 Å². The van der Waals surface area contributed by atoms with Gasteiger partial charge in [0.1, 0.15) is 0 Å². The zero-order valence-electron chi connectivity index (χ0n) is 9.34. The molecule has 1 nitrogen and oxygen atoms in total. The molecule has 1 aliphatic carbocycles. The lowest BCUT2D eigenvalue weighted by Crippen LogP contribution is -2.02. The second-order valence-corrected chi connectivity index (χ2v) is 3.97. The fourth-order valence-corrected chi connectivity index (χ4v) is 1.63. The number of nitrogens with two attached hydrogens (primary N) is 1. The molecule has 14 heavy (non-hydrogen) atoms. The first-order valence-corrected chi connectivity index (χ1v) is 5.57. The highest BCUT2D eigenvalue weighted by Gasteiger charge is 2.02. The molecular formula is C13H21N. The van der Waals surface area contributed by atoms with E-state index in [1.165, 1.54) is 36.8 Å². The Bertz CT molecular complexity index is 269. The monoisotopic (exact) mass is 191 g/mol. The van der Waals surface area contributed by atoms with E-state index in [1.807, 2.05) is 0 Å². The third kappa shape index (κ3) is 3.41. The summed E-state index contributed by atoms with van der Waals surface area (Å²) in [7, 11) is 0. The highest BCUT2D eigenvalue weighted by molar-refractivity contribution is 5.40. The summed E-state index contributed by atoms with van der Waals surface area (Å²) in [6.07, 6.45) is 12.8. The normalized spacial score (nSPS) is 19.4. The Balaban J connectivity index is 2.40. The van der Waals surface area contributed by atoms with Crippen LogP contribution in [-0.2, 0) is 0 Å². The van der Waals surface area contributed by atoms with Crippen molar-refractivity contribution in [2.75, 3.05) is 0 Å². The molecule has 0 aromatic heterocycles. The van der Waals surface area contributed by atoms with Crippen LogP contribution in [0.5, 0.6) is 0 Å². The van der Waals surface area contributed by atoms with Crippen LogP contribution >= 0.6 is 0 Å². The van der Waals surface area contributed by atoms with Gasteiger partial charge in [0.05, 0.1) is 0 Å². The van der Waals surface area contributed by atoms with Gasteiger partial charge >= 0.3 is 0 Å². The zero-order chi connectivity index (χ0) is 10.4. The number of allylic oxidation sites excluding steroid dienone is 5. The topological polar surface area (TPSA) is 26.0 Å². The van der Waals surface area contributed by atoms with E-state index in [2.05, 4.69) is 32.1 Å². The van der Waals surface area contributed by atoms with Gasteiger partial charge < -0.3 is 5.73 Å². The van der Waals surface area contributed by atoms with E-state index in [0.29, 0.717) is 0 Å². The highest BCUT2D eigenvalue weighted by atomic mass is 14.6. The summed E-state index contributed by atoms with van der Waals surface area (Å²) in [4.78, 5) is 0. The first-order valence-electron chi connectivity index (χ1n) is 5.57. The van der Waals surface area contributed by atoms with Gasteiger partial charge in [-0.15, -0.1) is 0 Å². The molecule has 1 rings (SSSR count). The van der Waals surface area contributed by atoms with Crippen LogP contribution < -0.4 is 5.73 Å². The van der Waals surface area contributed by atoms with Crippen LogP contribution in [0.1, 0.15) is 46.0 Å². The van der Waals surface area contributed by atoms with Crippen LogP contribution in [0.2, 0.25) is 0 Å². The fourth-order valence-electron chi connectivity index (χ4n) is 1.63. The Hall–Kier alpha value is -0.980. The predicted octanol–water partition coefficient (Wildman–Crippen LogP) is 3.69. The van der Waals surface area contributed by atoms with Gasteiger partial charge in [-0.2, -0.15) is 0 Å². The minimum absolute atomic E-state index is 0.940. The van der Waals surface area contributed by atoms with Gasteiger partial charge in [0.2, 0.25) is 0 Å². The fraction of sp³-hybridized carbons (Fsp3) is 0.538. The molecule has 0 unspecified atom stereocenters. The van der Waals surface area contributed by atoms with E-state index in [1.54, 1.807) is 0 Å². The molecule has 0 saturated heterocycles. The molecule has 0 fully saturated rings. The van der Waals surface area contributed by atoms with Crippen LogP contribution in [0, 0.1) is 0 Å². The van der Waals surface area contributed by atoms with E-state index in [0.717, 1.165) is 12.1 Å². The van der Waals surface area contributed by atoms with Gasteiger partial charge in [0, 0.05) is 5.70 Å². The first-order chi connectivity index (χ1) is 6.74. The number of unbranched alkanes of at least 4 members (excludes halogenated alkanes) is 3. The number of hydrogen-bond acceptors (Lipinski definition) is 1. The third-order valence-electron chi connectivity index (χ3n) is 2.63. The van der Waals surface area contributed by atoms with Crippen molar-refractivity contribution in [3.8, 4) is 0 Å². The molecule has 2 N–H and O–H groups in total. The van der Waals surface area contributed by atoms with Gasteiger partial charge in [-0.05, 0) is 37.3 Å². The van der Waals surface area contributed by atoms with Gasteiger partial charge in [-0.1, -0.05) is 38.0 Å². The Morgan fingerprint density at radius 1 is 1.43 bits per heavy atom. The molecule has 0 heterocycles. The molecule has 0 saturated carbocycles. The summed E-state index contributed by atoms with van der Waals surface area (Å²) < 4.78 is 0. The van der Waals surface area contributed by atoms with Gasteiger partial charge in [-0.25, -0.2) is 0 Å². The largest absolute Gasteiger partial charge is 0.399 e. The van der Waals surface area contributed by atoms with E-state index in [9.17, 15) is 0 Å². The Morgan fingerprint density at radius 3 is 2.86 bits per heavy atom. The Labute approximate surface area is 87.4 Å². The van der Waals surface area contributed by atoms with Crippen molar-refractivity contribution >= 4 is 0 Å². The molecule has 78 valence electrons. The van der Waals surface area contributed by atoms with Crippen molar-refractivity contribution < 1.29 is 0 Å². The van der Waals surface area contributed by atoms with Crippen molar-refractivity contribution in [1.29, 1.82) is 0 Å². The number of hydrogen-bond donors (Lipinski definition) is 1. The van der Waals surface area contributed by atoms with E-state index in [-0.39, 0.29) is 0 Å².